The highest BCUT2D eigenvalue weighted by Gasteiger charge is 2.44. The number of aliphatic hydroxyl groups excluding tert-OH is 1. The van der Waals surface area contributed by atoms with Crippen molar-refractivity contribution in [1.29, 1.82) is 0 Å². The zero-order valence-electron chi connectivity index (χ0n) is 15.5. The molecular weight excluding hydrogens is 382 g/mol. The Morgan fingerprint density at radius 1 is 1.29 bits per heavy atom. The fourth-order valence-electron chi connectivity index (χ4n) is 3.16. The van der Waals surface area contributed by atoms with Crippen LogP contribution in [0.25, 0.3) is 0 Å². The normalized spacial score (nSPS) is 16.7. The number of ketones is 1. The lowest BCUT2D eigenvalue weighted by Gasteiger charge is -2.27. The van der Waals surface area contributed by atoms with Crippen molar-refractivity contribution in [1.82, 2.24) is 4.90 Å². The van der Waals surface area contributed by atoms with Crippen LogP contribution < -0.4 is 4.74 Å². The quantitative estimate of drug-likeness (QED) is 0.658. The summed E-state index contributed by atoms with van der Waals surface area (Å²) in [4.78, 5) is 27.6. The van der Waals surface area contributed by atoms with Crippen molar-refractivity contribution < 1.29 is 29.3 Å². The van der Waals surface area contributed by atoms with E-state index in [0.717, 1.165) is 0 Å². The summed E-state index contributed by atoms with van der Waals surface area (Å²) < 4.78 is 10.5. The van der Waals surface area contributed by atoms with Gasteiger partial charge in [-0.3, -0.25) is 9.59 Å². The summed E-state index contributed by atoms with van der Waals surface area (Å²) in [5.41, 5.74) is 0.561. The minimum atomic E-state index is -0.808. The highest BCUT2D eigenvalue weighted by Crippen LogP contribution is 2.41. The molecule has 1 aliphatic heterocycles. The first-order valence-corrected chi connectivity index (χ1v) is 9.64. The molecule has 2 N–H and O–H groups in total. The summed E-state index contributed by atoms with van der Waals surface area (Å²) in [6, 6.07) is 7.21. The predicted octanol–water partition coefficient (Wildman–Crippen LogP) is 3.08. The number of phenolic OH excluding ortho intramolecular Hbond substituents is 1. The van der Waals surface area contributed by atoms with E-state index in [-0.39, 0.29) is 30.2 Å². The van der Waals surface area contributed by atoms with Crippen molar-refractivity contribution in [3.05, 3.63) is 57.5 Å². The predicted molar refractivity (Wildman–Crippen MR) is 104 cm³/mol. The number of phenols is 1. The van der Waals surface area contributed by atoms with E-state index in [2.05, 4.69) is 0 Å². The fourth-order valence-corrected chi connectivity index (χ4v) is 3.84. The van der Waals surface area contributed by atoms with Gasteiger partial charge in [0.05, 0.1) is 29.7 Å². The Kier molecular flexibility index (Phi) is 6.01. The maximum Gasteiger partial charge on any atom is 0.290 e. The van der Waals surface area contributed by atoms with Gasteiger partial charge in [-0.05, 0) is 36.1 Å². The first-order chi connectivity index (χ1) is 13.5. The van der Waals surface area contributed by atoms with Crippen LogP contribution in [0.15, 0.2) is 47.0 Å². The molecule has 7 nitrogen and oxygen atoms in total. The lowest BCUT2D eigenvalue weighted by Crippen LogP contribution is -2.34. The Morgan fingerprint density at radius 2 is 2.07 bits per heavy atom. The molecular formula is C20H21NO6S. The first-order valence-electron chi connectivity index (χ1n) is 8.76. The SMILES string of the molecule is CCOc1cc(C2C(C(=O)c3cccs3)=C(O)C(=O)N2CCOC)ccc1O. The van der Waals surface area contributed by atoms with Crippen LogP contribution in [0.3, 0.4) is 0 Å². The number of amides is 1. The number of aliphatic hydroxyl groups is 1. The number of benzene rings is 1. The second-order valence-electron chi connectivity index (χ2n) is 6.12. The van der Waals surface area contributed by atoms with Gasteiger partial charge in [-0.2, -0.15) is 0 Å². The van der Waals surface area contributed by atoms with Crippen LogP contribution in [-0.4, -0.2) is 53.7 Å². The standard InChI is InChI=1S/C20H21NO6S/c1-3-27-14-11-12(6-7-13(14)22)17-16(18(23)15-5-4-10-28-15)19(24)20(25)21(17)8-9-26-2/h4-7,10-11,17,22,24H,3,8-9H2,1-2H3. The fraction of sp³-hybridized carbons (Fsp3) is 0.300. The van der Waals surface area contributed by atoms with Gasteiger partial charge in [0.25, 0.3) is 5.91 Å². The maximum absolute atomic E-state index is 13.0. The third-order valence-corrected chi connectivity index (χ3v) is 5.30. The highest BCUT2D eigenvalue weighted by molar-refractivity contribution is 7.12. The molecule has 0 saturated carbocycles. The first kappa shape index (κ1) is 19.9. The molecule has 1 amide bonds. The minimum absolute atomic E-state index is 0.0108. The molecule has 28 heavy (non-hydrogen) atoms. The van der Waals surface area contributed by atoms with E-state index in [4.69, 9.17) is 9.47 Å². The van der Waals surface area contributed by atoms with Crippen LogP contribution in [0, 0.1) is 0 Å². The number of hydrogen-bond donors (Lipinski definition) is 2. The largest absolute Gasteiger partial charge is 0.504 e. The van der Waals surface area contributed by atoms with Gasteiger partial charge >= 0.3 is 0 Å². The van der Waals surface area contributed by atoms with Gasteiger partial charge in [-0.1, -0.05) is 12.1 Å². The number of hydrogen-bond acceptors (Lipinski definition) is 7. The van der Waals surface area contributed by atoms with E-state index in [0.29, 0.717) is 17.0 Å². The minimum Gasteiger partial charge on any atom is -0.504 e. The molecule has 0 fully saturated rings. The molecule has 0 aliphatic carbocycles. The third kappa shape index (κ3) is 3.61. The Hall–Kier alpha value is -2.84. The van der Waals surface area contributed by atoms with Crippen molar-refractivity contribution in [3.63, 3.8) is 0 Å². The number of nitrogens with zero attached hydrogens (tertiary/aromatic N) is 1. The summed E-state index contributed by atoms with van der Waals surface area (Å²) in [5, 5.41) is 22.3. The van der Waals surface area contributed by atoms with Crippen LogP contribution in [0.4, 0.5) is 0 Å². The van der Waals surface area contributed by atoms with E-state index in [1.54, 1.807) is 36.6 Å². The van der Waals surface area contributed by atoms with Crippen molar-refractivity contribution in [2.24, 2.45) is 0 Å². The summed E-state index contributed by atoms with van der Waals surface area (Å²) >= 11 is 1.24. The second-order valence-corrected chi connectivity index (χ2v) is 7.07. The smallest absolute Gasteiger partial charge is 0.290 e. The highest BCUT2D eigenvalue weighted by atomic mass is 32.1. The molecule has 2 aromatic rings. The second kappa shape index (κ2) is 8.45. The molecule has 0 spiro atoms. The maximum atomic E-state index is 13.0. The molecule has 1 aliphatic rings. The molecule has 1 aromatic carbocycles. The van der Waals surface area contributed by atoms with Crippen molar-refractivity contribution in [3.8, 4) is 11.5 Å². The summed E-state index contributed by atoms with van der Waals surface area (Å²) in [7, 11) is 1.51. The topological polar surface area (TPSA) is 96.3 Å². The number of Topliss-reactive ketones (excluding diaryl/α,β-unsaturated/α-hetero) is 1. The van der Waals surface area contributed by atoms with Gasteiger partial charge < -0.3 is 24.6 Å². The zero-order chi connectivity index (χ0) is 20.3. The monoisotopic (exact) mass is 403 g/mol. The lowest BCUT2D eigenvalue weighted by molar-refractivity contribution is -0.130. The number of rotatable bonds is 8. The summed E-state index contributed by atoms with van der Waals surface area (Å²) in [6.07, 6.45) is 0. The molecule has 2 heterocycles. The van der Waals surface area contributed by atoms with Gasteiger partial charge in [0.2, 0.25) is 5.78 Å². The van der Waals surface area contributed by atoms with E-state index in [1.807, 2.05) is 0 Å². The summed E-state index contributed by atoms with van der Waals surface area (Å²) in [5.74, 6) is -1.40. The Labute approximate surface area is 166 Å². The van der Waals surface area contributed by atoms with E-state index in [1.165, 1.54) is 29.4 Å². The molecule has 3 rings (SSSR count). The molecule has 148 valence electrons. The molecule has 8 heteroatoms. The molecule has 0 saturated heterocycles. The van der Waals surface area contributed by atoms with Crippen LogP contribution in [0.2, 0.25) is 0 Å². The van der Waals surface area contributed by atoms with Gasteiger partial charge in [0, 0.05) is 13.7 Å². The van der Waals surface area contributed by atoms with Gasteiger partial charge in [-0.25, -0.2) is 0 Å². The number of carbonyl (C=O) groups excluding carboxylic acids is 2. The Morgan fingerprint density at radius 3 is 2.71 bits per heavy atom. The lowest BCUT2D eigenvalue weighted by atomic mass is 9.95. The number of ether oxygens (including phenoxy) is 2. The van der Waals surface area contributed by atoms with Crippen molar-refractivity contribution >= 4 is 23.0 Å². The van der Waals surface area contributed by atoms with Crippen LogP contribution in [0.5, 0.6) is 11.5 Å². The van der Waals surface area contributed by atoms with E-state index < -0.39 is 23.5 Å². The van der Waals surface area contributed by atoms with E-state index in [9.17, 15) is 19.8 Å². The number of methoxy groups -OCH3 is 1. The number of thiophene rings is 1. The van der Waals surface area contributed by atoms with Crippen molar-refractivity contribution in [2.75, 3.05) is 26.9 Å². The van der Waals surface area contributed by atoms with Crippen LogP contribution in [0.1, 0.15) is 28.2 Å². The molecule has 1 atom stereocenters. The Bertz CT molecular complexity index is 905. The molecule has 0 bridgehead atoms. The number of carbonyl (C=O) groups is 2. The zero-order valence-corrected chi connectivity index (χ0v) is 16.4. The Balaban J connectivity index is 2.09. The van der Waals surface area contributed by atoms with Gasteiger partial charge in [0.1, 0.15) is 0 Å². The van der Waals surface area contributed by atoms with Gasteiger partial charge in [-0.15, -0.1) is 11.3 Å². The van der Waals surface area contributed by atoms with Crippen LogP contribution >= 0.6 is 11.3 Å². The van der Waals surface area contributed by atoms with Crippen LogP contribution in [-0.2, 0) is 9.53 Å². The number of aromatic hydroxyl groups is 1. The third-order valence-electron chi connectivity index (χ3n) is 4.43. The summed E-state index contributed by atoms with van der Waals surface area (Å²) in [6.45, 7) is 2.56. The molecule has 0 radical (unpaired) electrons. The molecule has 1 aromatic heterocycles. The average molecular weight is 403 g/mol. The average Bonchev–Trinajstić information content (AvgIpc) is 3.30. The molecule has 1 unspecified atom stereocenters. The van der Waals surface area contributed by atoms with E-state index >= 15 is 0 Å². The van der Waals surface area contributed by atoms with Crippen molar-refractivity contribution in [2.45, 2.75) is 13.0 Å². The van der Waals surface area contributed by atoms with Gasteiger partial charge in [0.15, 0.2) is 17.3 Å².